The highest BCUT2D eigenvalue weighted by atomic mass is 35.5. The first-order valence-corrected chi connectivity index (χ1v) is 12.2. The molecule has 3 aromatic carbocycles. The first kappa shape index (κ1) is 22.1. The number of anilines is 1. The van der Waals surface area contributed by atoms with Crippen LogP contribution in [0.25, 0.3) is 0 Å². The van der Waals surface area contributed by atoms with Gasteiger partial charge in [-0.2, -0.15) is 0 Å². The van der Waals surface area contributed by atoms with Gasteiger partial charge in [-0.05, 0) is 54.1 Å². The van der Waals surface area contributed by atoms with E-state index in [-0.39, 0.29) is 11.8 Å². The molecule has 8 heteroatoms. The van der Waals surface area contributed by atoms with Crippen LogP contribution in [0, 0.1) is 0 Å². The molecule has 33 heavy (non-hydrogen) atoms. The number of thioether (sulfide) groups is 1. The van der Waals surface area contributed by atoms with Gasteiger partial charge in [-0.1, -0.05) is 41.4 Å². The van der Waals surface area contributed by atoms with Gasteiger partial charge in [0.05, 0.1) is 19.3 Å². The molecule has 5 nitrogen and oxygen atoms in total. The van der Waals surface area contributed by atoms with Crippen LogP contribution in [0.15, 0.2) is 66.7 Å². The molecule has 0 aliphatic carbocycles. The molecule has 1 fully saturated rings. The Hall–Kier alpha value is -2.67. The maximum atomic E-state index is 14.1. The molecular weight excluding hydrogens is 479 g/mol. The van der Waals surface area contributed by atoms with E-state index in [1.807, 2.05) is 42.5 Å². The van der Waals surface area contributed by atoms with Crippen molar-refractivity contribution in [2.24, 2.45) is 0 Å². The summed E-state index contributed by atoms with van der Waals surface area (Å²) < 4.78 is 5.47. The number of amides is 2. The first-order valence-electron chi connectivity index (χ1n) is 10.4. The first-order chi connectivity index (χ1) is 16.0. The van der Waals surface area contributed by atoms with Gasteiger partial charge in [-0.3, -0.25) is 9.59 Å². The largest absolute Gasteiger partial charge is 0.497 e. The van der Waals surface area contributed by atoms with Crippen molar-refractivity contribution in [3.63, 3.8) is 0 Å². The van der Waals surface area contributed by atoms with Crippen molar-refractivity contribution < 1.29 is 14.3 Å². The Bertz CT molecular complexity index is 1250. The van der Waals surface area contributed by atoms with Crippen molar-refractivity contribution in [2.75, 3.05) is 24.3 Å². The van der Waals surface area contributed by atoms with Crippen LogP contribution in [-0.4, -0.2) is 36.1 Å². The topological polar surface area (TPSA) is 49.9 Å². The van der Waals surface area contributed by atoms with E-state index in [2.05, 4.69) is 0 Å². The van der Waals surface area contributed by atoms with E-state index in [0.29, 0.717) is 40.2 Å². The summed E-state index contributed by atoms with van der Waals surface area (Å²) in [5, 5.41) is 1.14. The maximum absolute atomic E-state index is 14.1. The Morgan fingerprint density at radius 2 is 1.85 bits per heavy atom. The van der Waals surface area contributed by atoms with Crippen LogP contribution in [0.3, 0.4) is 0 Å². The number of nitrogens with zero attached hydrogens (tertiary/aromatic N) is 2. The fraction of sp³-hybridized carbons (Fsp3) is 0.200. The standard InChI is InChI=1S/C25H20Cl2N2O3S/c1-32-19-10-11-22-20(14-19)25(24(31)28(22)15-17-4-2-3-5-21(17)27)29(12-13-33-25)23(30)16-6-8-18(26)9-7-16/h2-11,14H,12-13,15H2,1H3/t25-/m1/s1. The summed E-state index contributed by atoms with van der Waals surface area (Å²) in [6, 6.07) is 19.8. The number of benzene rings is 3. The van der Waals surface area contributed by atoms with Gasteiger partial charge in [-0.15, -0.1) is 11.8 Å². The number of hydrogen-bond donors (Lipinski definition) is 0. The molecule has 0 saturated carbocycles. The minimum atomic E-state index is -1.16. The van der Waals surface area contributed by atoms with E-state index in [0.717, 1.165) is 16.8 Å². The number of carbonyl (C=O) groups is 2. The molecule has 0 N–H and O–H groups in total. The fourth-order valence-electron chi connectivity index (χ4n) is 4.42. The molecule has 0 aromatic heterocycles. The van der Waals surface area contributed by atoms with E-state index in [1.165, 1.54) is 11.8 Å². The van der Waals surface area contributed by atoms with Crippen molar-refractivity contribution in [1.29, 1.82) is 0 Å². The highest BCUT2D eigenvalue weighted by Gasteiger charge is 2.59. The number of ether oxygens (including phenoxy) is 1. The fourth-order valence-corrected chi connectivity index (χ4v) is 6.20. The van der Waals surface area contributed by atoms with Crippen molar-refractivity contribution in [3.8, 4) is 5.75 Å². The van der Waals surface area contributed by atoms with Crippen molar-refractivity contribution in [3.05, 3.63) is 93.5 Å². The molecule has 2 aliphatic heterocycles. The number of methoxy groups -OCH3 is 1. The second-order valence-electron chi connectivity index (χ2n) is 7.82. The van der Waals surface area contributed by atoms with Crippen molar-refractivity contribution in [1.82, 2.24) is 4.90 Å². The van der Waals surface area contributed by atoms with Gasteiger partial charge in [0, 0.05) is 33.5 Å². The van der Waals surface area contributed by atoms with Crippen molar-refractivity contribution >= 4 is 52.5 Å². The molecule has 0 bridgehead atoms. The van der Waals surface area contributed by atoms with Crippen LogP contribution >= 0.6 is 35.0 Å². The molecule has 5 rings (SSSR count). The monoisotopic (exact) mass is 498 g/mol. The Morgan fingerprint density at radius 1 is 1.09 bits per heavy atom. The quantitative estimate of drug-likeness (QED) is 0.470. The third-order valence-electron chi connectivity index (χ3n) is 6.02. The van der Waals surface area contributed by atoms with Crippen molar-refractivity contribution in [2.45, 2.75) is 11.4 Å². The lowest BCUT2D eigenvalue weighted by atomic mass is 10.0. The molecular formula is C25H20Cl2N2O3S. The normalized spacial score (nSPS) is 19.3. The third-order valence-corrected chi connectivity index (χ3v) is 8.06. The van der Waals surface area contributed by atoms with Crippen LogP contribution in [0.2, 0.25) is 10.0 Å². The molecule has 1 saturated heterocycles. The predicted molar refractivity (Wildman–Crippen MR) is 132 cm³/mol. The lowest BCUT2D eigenvalue weighted by molar-refractivity contribution is -0.123. The Balaban J connectivity index is 1.62. The lowest BCUT2D eigenvalue weighted by Gasteiger charge is -2.33. The molecule has 2 aliphatic rings. The summed E-state index contributed by atoms with van der Waals surface area (Å²) >= 11 is 13.9. The molecule has 3 aromatic rings. The third kappa shape index (κ3) is 3.57. The number of carbonyl (C=O) groups excluding carboxylic acids is 2. The molecule has 1 atom stereocenters. The Kier molecular flexibility index (Phi) is 5.77. The van der Waals surface area contributed by atoms with E-state index in [4.69, 9.17) is 27.9 Å². The van der Waals surface area contributed by atoms with E-state index in [1.54, 1.807) is 41.2 Å². The van der Waals surface area contributed by atoms with Crippen LogP contribution in [0.1, 0.15) is 21.5 Å². The SMILES string of the molecule is COc1ccc2c(c1)[C@@]1(SCCN1C(=O)c1ccc(Cl)cc1)C(=O)N2Cc1ccccc1Cl. The summed E-state index contributed by atoms with van der Waals surface area (Å²) in [5.41, 5.74) is 2.83. The predicted octanol–water partition coefficient (Wildman–Crippen LogP) is 5.59. The average molecular weight is 499 g/mol. The number of halogens is 2. The zero-order valence-corrected chi connectivity index (χ0v) is 20.1. The van der Waals surface area contributed by atoms with Gasteiger partial charge in [0.25, 0.3) is 11.8 Å². The summed E-state index contributed by atoms with van der Waals surface area (Å²) in [7, 11) is 1.59. The zero-order valence-electron chi connectivity index (χ0n) is 17.8. The smallest absolute Gasteiger partial charge is 0.268 e. The molecule has 2 amide bonds. The van der Waals surface area contributed by atoms with Crippen LogP contribution in [-0.2, 0) is 16.2 Å². The number of rotatable bonds is 4. The number of hydrogen-bond acceptors (Lipinski definition) is 4. The summed E-state index contributed by atoms with van der Waals surface area (Å²) in [6.45, 7) is 0.761. The van der Waals surface area contributed by atoms with Gasteiger partial charge < -0.3 is 14.5 Å². The molecule has 2 heterocycles. The molecule has 1 spiro atoms. The van der Waals surface area contributed by atoms with Crippen LogP contribution < -0.4 is 9.64 Å². The van der Waals surface area contributed by atoms with Gasteiger partial charge in [0.1, 0.15) is 5.75 Å². The zero-order chi connectivity index (χ0) is 23.2. The number of fused-ring (bicyclic) bond motifs is 2. The highest BCUT2D eigenvalue weighted by Crippen LogP contribution is 2.55. The highest BCUT2D eigenvalue weighted by molar-refractivity contribution is 8.01. The van der Waals surface area contributed by atoms with E-state index < -0.39 is 4.87 Å². The maximum Gasteiger partial charge on any atom is 0.268 e. The summed E-state index contributed by atoms with van der Waals surface area (Å²) in [4.78, 5) is 29.9. The van der Waals surface area contributed by atoms with Crippen LogP contribution in [0.4, 0.5) is 5.69 Å². The second-order valence-corrected chi connectivity index (χ2v) is 9.95. The average Bonchev–Trinajstić information content (AvgIpc) is 3.37. The summed E-state index contributed by atoms with van der Waals surface area (Å²) in [5.74, 6) is 0.905. The summed E-state index contributed by atoms with van der Waals surface area (Å²) in [6.07, 6.45) is 0. The Morgan fingerprint density at radius 3 is 2.58 bits per heavy atom. The Labute approximate surface area is 206 Å². The molecule has 0 radical (unpaired) electrons. The minimum absolute atomic E-state index is 0.157. The van der Waals surface area contributed by atoms with Gasteiger partial charge in [0.2, 0.25) is 0 Å². The van der Waals surface area contributed by atoms with E-state index in [9.17, 15) is 9.59 Å². The van der Waals surface area contributed by atoms with Crippen LogP contribution in [0.5, 0.6) is 5.75 Å². The molecule has 0 unspecified atom stereocenters. The van der Waals surface area contributed by atoms with E-state index >= 15 is 0 Å². The molecule has 168 valence electrons. The van der Waals surface area contributed by atoms with Gasteiger partial charge >= 0.3 is 0 Å². The lowest BCUT2D eigenvalue weighted by Crippen LogP contribution is -2.50. The second kappa shape index (κ2) is 8.60. The van der Waals surface area contributed by atoms with Gasteiger partial charge in [-0.25, -0.2) is 0 Å². The minimum Gasteiger partial charge on any atom is -0.497 e. The van der Waals surface area contributed by atoms with Gasteiger partial charge in [0.15, 0.2) is 4.87 Å².